The molecule has 2 N–H and O–H groups in total. The molecule has 4 heteroatoms. The molecule has 0 fully saturated rings. The number of rotatable bonds is 4. The van der Waals surface area contributed by atoms with Gasteiger partial charge in [0.2, 0.25) is 0 Å². The van der Waals surface area contributed by atoms with Crippen LogP contribution in [-0.4, -0.2) is 16.1 Å². The zero-order valence-electron chi connectivity index (χ0n) is 10.7. The Bertz CT molecular complexity index is 764. The van der Waals surface area contributed by atoms with Crippen molar-refractivity contribution in [3.63, 3.8) is 0 Å². The molecule has 0 bridgehead atoms. The van der Waals surface area contributed by atoms with Crippen molar-refractivity contribution in [2.75, 3.05) is 0 Å². The topological polar surface area (TPSA) is 53.1 Å². The summed E-state index contributed by atoms with van der Waals surface area (Å²) in [7, 11) is 0. The molecule has 0 atom stereocenters. The molecule has 1 heterocycles. The molecule has 0 aliphatic heterocycles. The highest BCUT2D eigenvalue weighted by molar-refractivity contribution is 7.99. The van der Waals surface area contributed by atoms with Gasteiger partial charge in [0, 0.05) is 26.9 Å². The third kappa shape index (κ3) is 2.56. The predicted octanol–water partition coefficient (Wildman–Crippen LogP) is 3.95. The second-order valence-corrected chi connectivity index (χ2v) is 5.56. The minimum absolute atomic E-state index is 0.0472. The quantitative estimate of drug-likeness (QED) is 0.762. The zero-order valence-corrected chi connectivity index (χ0v) is 11.5. The van der Waals surface area contributed by atoms with Gasteiger partial charge in [0.25, 0.3) is 0 Å². The lowest BCUT2D eigenvalue weighted by atomic mass is 10.1. The van der Waals surface area contributed by atoms with Crippen LogP contribution in [-0.2, 0) is 11.2 Å². The Kier molecular flexibility index (Phi) is 3.48. The van der Waals surface area contributed by atoms with Crippen molar-refractivity contribution < 1.29 is 9.90 Å². The van der Waals surface area contributed by atoms with E-state index in [0.29, 0.717) is 0 Å². The highest BCUT2D eigenvalue weighted by Gasteiger charge is 2.10. The second-order valence-electron chi connectivity index (χ2n) is 4.48. The average Bonchev–Trinajstić information content (AvgIpc) is 2.84. The number of benzene rings is 2. The minimum atomic E-state index is -0.808. The summed E-state index contributed by atoms with van der Waals surface area (Å²) >= 11 is 1.60. The fourth-order valence-corrected chi connectivity index (χ4v) is 3.22. The molecular formula is C16H13NO2S. The van der Waals surface area contributed by atoms with Gasteiger partial charge in [0.1, 0.15) is 0 Å². The van der Waals surface area contributed by atoms with Crippen molar-refractivity contribution in [2.24, 2.45) is 0 Å². The molecule has 0 aliphatic carbocycles. The Morgan fingerprint density at radius 2 is 1.80 bits per heavy atom. The van der Waals surface area contributed by atoms with Gasteiger partial charge in [-0.3, -0.25) is 4.79 Å². The first kappa shape index (κ1) is 12.8. The monoisotopic (exact) mass is 283 g/mol. The number of hydrogen-bond donors (Lipinski definition) is 2. The predicted molar refractivity (Wildman–Crippen MR) is 80.2 cm³/mol. The Morgan fingerprint density at radius 3 is 2.65 bits per heavy atom. The van der Waals surface area contributed by atoms with Gasteiger partial charge in [-0.1, -0.05) is 48.2 Å². The van der Waals surface area contributed by atoms with Gasteiger partial charge in [0.15, 0.2) is 0 Å². The summed E-state index contributed by atoms with van der Waals surface area (Å²) < 4.78 is 0. The molecule has 0 radical (unpaired) electrons. The van der Waals surface area contributed by atoms with Crippen molar-refractivity contribution in [3.8, 4) is 0 Å². The van der Waals surface area contributed by atoms with Gasteiger partial charge < -0.3 is 10.1 Å². The SMILES string of the molecule is O=C(O)Cc1ccccc1Sc1c[nH]c2ccccc12. The number of carboxylic acid groups (broad SMARTS) is 1. The lowest BCUT2D eigenvalue weighted by Gasteiger charge is -2.06. The van der Waals surface area contributed by atoms with Gasteiger partial charge >= 0.3 is 5.97 Å². The number of para-hydroxylation sites is 1. The molecule has 0 unspecified atom stereocenters. The molecule has 3 aromatic rings. The largest absolute Gasteiger partial charge is 0.481 e. The zero-order chi connectivity index (χ0) is 13.9. The first-order valence-corrected chi connectivity index (χ1v) is 7.09. The van der Waals surface area contributed by atoms with E-state index >= 15 is 0 Å². The van der Waals surface area contributed by atoms with Crippen LogP contribution in [0.2, 0.25) is 0 Å². The van der Waals surface area contributed by atoms with Crippen LogP contribution in [0.4, 0.5) is 0 Å². The van der Waals surface area contributed by atoms with Crippen LogP contribution in [0.5, 0.6) is 0 Å². The third-order valence-corrected chi connectivity index (χ3v) is 4.26. The number of hydrogen-bond acceptors (Lipinski definition) is 2. The fraction of sp³-hybridized carbons (Fsp3) is 0.0625. The number of aromatic nitrogens is 1. The van der Waals surface area contributed by atoms with Crippen molar-refractivity contribution in [1.82, 2.24) is 4.98 Å². The van der Waals surface area contributed by atoms with Gasteiger partial charge in [-0.25, -0.2) is 0 Å². The normalized spacial score (nSPS) is 10.8. The van der Waals surface area contributed by atoms with E-state index in [1.165, 1.54) is 0 Å². The smallest absolute Gasteiger partial charge is 0.307 e. The summed E-state index contributed by atoms with van der Waals surface area (Å²) in [6, 6.07) is 15.7. The van der Waals surface area contributed by atoms with Gasteiger partial charge in [-0.05, 0) is 17.7 Å². The van der Waals surface area contributed by atoms with Crippen LogP contribution in [0.3, 0.4) is 0 Å². The molecule has 0 aliphatic rings. The molecule has 0 saturated heterocycles. The molecule has 0 spiro atoms. The molecular weight excluding hydrogens is 270 g/mol. The molecule has 3 rings (SSSR count). The number of carboxylic acids is 1. The third-order valence-electron chi connectivity index (χ3n) is 3.09. The maximum Gasteiger partial charge on any atom is 0.307 e. The number of aliphatic carboxylic acids is 1. The van der Waals surface area contributed by atoms with Gasteiger partial charge in [0.05, 0.1) is 6.42 Å². The van der Waals surface area contributed by atoms with Crippen LogP contribution >= 0.6 is 11.8 Å². The van der Waals surface area contributed by atoms with Crippen molar-refractivity contribution >= 4 is 28.6 Å². The van der Waals surface area contributed by atoms with E-state index in [2.05, 4.69) is 11.1 Å². The average molecular weight is 283 g/mol. The van der Waals surface area contributed by atoms with Crippen LogP contribution in [0.25, 0.3) is 10.9 Å². The summed E-state index contributed by atoms with van der Waals surface area (Å²) in [4.78, 5) is 16.2. The summed E-state index contributed by atoms with van der Waals surface area (Å²) in [5, 5.41) is 10.1. The van der Waals surface area contributed by atoms with Crippen molar-refractivity contribution in [3.05, 3.63) is 60.3 Å². The van der Waals surface area contributed by atoms with E-state index in [1.54, 1.807) is 11.8 Å². The van der Waals surface area contributed by atoms with Gasteiger partial charge in [-0.2, -0.15) is 0 Å². The number of aromatic amines is 1. The first-order chi connectivity index (χ1) is 9.74. The maximum absolute atomic E-state index is 10.9. The minimum Gasteiger partial charge on any atom is -0.481 e. The van der Waals surface area contributed by atoms with Crippen molar-refractivity contribution in [1.29, 1.82) is 0 Å². The van der Waals surface area contributed by atoms with Crippen LogP contribution in [0.15, 0.2) is 64.5 Å². The van der Waals surface area contributed by atoms with E-state index in [0.717, 1.165) is 26.3 Å². The van der Waals surface area contributed by atoms with Crippen LogP contribution < -0.4 is 0 Å². The summed E-state index contributed by atoms with van der Waals surface area (Å²) in [5.74, 6) is -0.808. The lowest BCUT2D eigenvalue weighted by Crippen LogP contribution is -2.01. The van der Waals surface area contributed by atoms with E-state index in [1.807, 2.05) is 48.7 Å². The number of fused-ring (bicyclic) bond motifs is 1. The van der Waals surface area contributed by atoms with Crippen molar-refractivity contribution in [2.45, 2.75) is 16.2 Å². The molecule has 20 heavy (non-hydrogen) atoms. The van der Waals surface area contributed by atoms with E-state index in [4.69, 9.17) is 5.11 Å². The van der Waals surface area contributed by atoms with E-state index in [-0.39, 0.29) is 6.42 Å². The summed E-state index contributed by atoms with van der Waals surface area (Å²) in [5.41, 5.74) is 1.93. The highest BCUT2D eigenvalue weighted by Crippen LogP contribution is 2.35. The van der Waals surface area contributed by atoms with E-state index in [9.17, 15) is 4.79 Å². The summed E-state index contributed by atoms with van der Waals surface area (Å²) in [6.45, 7) is 0. The number of H-pyrrole nitrogens is 1. The van der Waals surface area contributed by atoms with Crippen LogP contribution in [0, 0.1) is 0 Å². The summed E-state index contributed by atoms with van der Waals surface area (Å²) in [6.07, 6.45) is 2.01. The molecule has 0 amide bonds. The molecule has 2 aromatic carbocycles. The number of carbonyl (C=O) groups is 1. The Morgan fingerprint density at radius 1 is 1.05 bits per heavy atom. The first-order valence-electron chi connectivity index (χ1n) is 6.28. The lowest BCUT2D eigenvalue weighted by molar-refractivity contribution is -0.136. The Hall–Kier alpha value is -2.20. The number of nitrogens with one attached hydrogen (secondary N) is 1. The standard InChI is InChI=1S/C16H13NO2S/c18-16(19)9-11-5-1-4-8-14(11)20-15-10-17-13-7-3-2-6-12(13)15/h1-8,10,17H,9H2,(H,18,19). The molecule has 100 valence electrons. The van der Waals surface area contributed by atoms with Crippen LogP contribution in [0.1, 0.15) is 5.56 Å². The Balaban J connectivity index is 1.97. The highest BCUT2D eigenvalue weighted by atomic mass is 32.2. The maximum atomic E-state index is 10.9. The molecule has 0 saturated carbocycles. The second kappa shape index (κ2) is 5.43. The fourth-order valence-electron chi connectivity index (χ4n) is 2.16. The molecule has 1 aromatic heterocycles. The molecule has 3 nitrogen and oxygen atoms in total. The van der Waals surface area contributed by atoms with Gasteiger partial charge in [-0.15, -0.1) is 0 Å². The van der Waals surface area contributed by atoms with E-state index < -0.39 is 5.97 Å². The Labute approximate surface area is 120 Å².